The van der Waals surface area contributed by atoms with E-state index in [4.69, 9.17) is 27.7 Å². The van der Waals surface area contributed by atoms with Crippen LogP contribution in [0.3, 0.4) is 0 Å². The normalized spacial score (nSPS) is 33.5. The summed E-state index contributed by atoms with van der Waals surface area (Å²) >= 11 is 0. The maximum absolute atomic E-state index is 6.91. The van der Waals surface area contributed by atoms with Crippen molar-refractivity contribution < 1.29 is 4.74 Å². The van der Waals surface area contributed by atoms with Crippen LogP contribution in [-0.4, -0.2) is 22.8 Å². The highest BCUT2D eigenvalue weighted by molar-refractivity contribution is 7.42. The third-order valence-electron chi connectivity index (χ3n) is 7.67. The monoisotopic (exact) mass is 432 g/mol. The minimum Gasteiger partial charge on any atom is -0.490 e. The van der Waals surface area contributed by atoms with Crippen LogP contribution in [0.2, 0.25) is 0 Å². The highest BCUT2D eigenvalue weighted by Gasteiger charge is 2.48. The van der Waals surface area contributed by atoms with Crippen molar-refractivity contribution in [1.29, 1.82) is 0 Å². The third-order valence-corrected chi connectivity index (χ3v) is 9.79. The predicted octanol–water partition coefficient (Wildman–Crippen LogP) is 3.77. The molecule has 3 aliphatic rings. The van der Waals surface area contributed by atoms with E-state index < -0.39 is 5.66 Å². The number of benzene rings is 1. The summed E-state index contributed by atoms with van der Waals surface area (Å²) < 4.78 is 6.01. The molecule has 0 radical (unpaired) electrons. The molecular formula is C24H41N4OP. The fourth-order valence-corrected chi connectivity index (χ4v) is 8.17. The minimum absolute atomic E-state index is 0.0651. The van der Waals surface area contributed by atoms with Gasteiger partial charge in [0, 0.05) is 10.6 Å². The molecule has 4 unspecified atom stereocenters. The summed E-state index contributed by atoms with van der Waals surface area (Å²) in [7, 11) is 0.597. The average molecular weight is 433 g/mol. The van der Waals surface area contributed by atoms with E-state index in [0.29, 0.717) is 27.5 Å². The van der Waals surface area contributed by atoms with E-state index in [-0.39, 0.29) is 10.6 Å². The van der Waals surface area contributed by atoms with Gasteiger partial charge in [0.2, 0.25) is 0 Å². The lowest BCUT2D eigenvalue weighted by Gasteiger charge is -2.49. The van der Waals surface area contributed by atoms with E-state index in [1.807, 2.05) is 0 Å². The first-order valence-corrected chi connectivity index (χ1v) is 12.9. The van der Waals surface area contributed by atoms with E-state index in [1.54, 1.807) is 0 Å². The summed E-state index contributed by atoms with van der Waals surface area (Å²) in [4.78, 5) is 0. The molecular weight excluding hydrogens is 391 g/mol. The van der Waals surface area contributed by atoms with E-state index in [2.05, 4.69) is 24.3 Å². The summed E-state index contributed by atoms with van der Waals surface area (Å²) in [6, 6.07) is 8.49. The third kappa shape index (κ3) is 5.55. The van der Waals surface area contributed by atoms with Crippen LogP contribution >= 0.6 is 8.58 Å². The number of nitrogens with two attached hydrogens (primary N) is 4. The number of ether oxygens (including phenoxy) is 1. The molecule has 3 fully saturated rings. The molecule has 1 aromatic rings. The van der Waals surface area contributed by atoms with Gasteiger partial charge in [-0.25, -0.2) is 0 Å². The van der Waals surface area contributed by atoms with Crippen LogP contribution in [0, 0.1) is 11.8 Å². The maximum Gasteiger partial charge on any atom is 0.119 e. The molecule has 1 saturated carbocycles. The van der Waals surface area contributed by atoms with Crippen LogP contribution in [0.25, 0.3) is 0 Å². The molecule has 1 aromatic carbocycles. The Balaban J connectivity index is 1.30. The number of rotatable bonds is 7. The quantitative estimate of drug-likeness (QED) is 0.387. The first kappa shape index (κ1) is 22.5. The highest BCUT2D eigenvalue weighted by Crippen LogP contribution is 2.57. The molecule has 2 bridgehead atoms. The van der Waals surface area contributed by atoms with Crippen LogP contribution in [0.15, 0.2) is 24.3 Å². The second-order valence-electron chi connectivity index (χ2n) is 10.5. The van der Waals surface area contributed by atoms with E-state index in [0.717, 1.165) is 43.8 Å². The first-order chi connectivity index (χ1) is 14.3. The Labute approximate surface area is 183 Å². The lowest BCUT2D eigenvalue weighted by molar-refractivity contribution is 0.161. The Kier molecular flexibility index (Phi) is 6.77. The molecule has 4 rings (SSSR count). The zero-order valence-corrected chi connectivity index (χ0v) is 19.4. The first-order valence-electron chi connectivity index (χ1n) is 11.9. The zero-order chi connectivity index (χ0) is 21.2. The Morgan fingerprint density at radius 2 is 1.63 bits per heavy atom. The lowest BCUT2D eigenvalue weighted by Crippen LogP contribution is -2.60. The molecule has 1 aliphatic carbocycles. The van der Waals surface area contributed by atoms with E-state index in [1.165, 1.54) is 44.1 Å². The topological polar surface area (TPSA) is 113 Å². The van der Waals surface area contributed by atoms with Crippen LogP contribution in [-0.2, 0) is 6.42 Å². The standard InChI is InChI=1S/C24H41N4OP/c25-22(26,16-20-11-14-23(27)12-3-4-13-24(20,28)30-23)17-29-21-9-7-19(8-10-21)15-18-5-1-2-6-18/h7-10,18,20,30H,1-6,11-17,25-28H2. The fourth-order valence-electron chi connectivity index (χ4n) is 5.92. The molecule has 0 amide bonds. The van der Waals surface area contributed by atoms with Crippen molar-refractivity contribution in [3.05, 3.63) is 29.8 Å². The maximum atomic E-state index is 6.91. The van der Waals surface area contributed by atoms with Gasteiger partial charge in [0.15, 0.2) is 0 Å². The van der Waals surface area contributed by atoms with Gasteiger partial charge in [-0.15, -0.1) is 0 Å². The van der Waals surface area contributed by atoms with Gasteiger partial charge >= 0.3 is 0 Å². The highest BCUT2D eigenvalue weighted by atomic mass is 31.1. The van der Waals surface area contributed by atoms with Gasteiger partial charge in [0.1, 0.15) is 12.4 Å². The number of hydrogen-bond acceptors (Lipinski definition) is 5. The molecule has 2 aliphatic heterocycles. The average Bonchev–Trinajstić information content (AvgIpc) is 3.16. The molecule has 4 atom stereocenters. The summed E-state index contributed by atoms with van der Waals surface area (Å²) in [5, 5.41) is -0.278. The largest absolute Gasteiger partial charge is 0.490 e. The van der Waals surface area contributed by atoms with Gasteiger partial charge in [-0.3, -0.25) is 0 Å². The van der Waals surface area contributed by atoms with Gasteiger partial charge in [-0.05, 0) is 68.1 Å². The Morgan fingerprint density at radius 3 is 2.37 bits per heavy atom. The Bertz CT molecular complexity index is 706. The van der Waals surface area contributed by atoms with Crippen molar-refractivity contribution in [2.45, 2.75) is 93.3 Å². The van der Waals surface area contributed by atoms with Gasteiger partial charge in [0.25, 0.3) is 0 Å². The molecule has 0 spiro atoms. The molecule has 5 nitrogen and oxygen atoms in total. The SMILES string of the molecule is NC(N)(COc1ccc(CC2CCCC2)cc1)CC1CCC2(N)CCCCC1(N)P2. The van der Waals surface area contributed by atoms with Crippen molar-refractivity contribution in [1.82, 2.24) is 0 Å². The minimum atomic E-state index is -0.884. The van der Waals surface area contributed by atoms with Crippen LogP contribution in [0.1, 0.15) is 76.2 Å². The molecule has 2 heterocycles. The van der Waals surface area contributed by atoms with Crippen LogP contribution in [0.4, 0.5) is 0 Å². The van der Waals surface area contributed by atoms with Crippen molar-refractivity contribution in [3.8, 4) is 5.75 Å². The molecule has 6 heteroatoms. The lowest BCUT2D eigenvalue weighted by atomic mass is 9.83. The smallest absolute Gasteiger partial charge is 0.119 e. The van der Waals surface area contributed by atoms with Gasteiger partial charge in [0.05, 0.1) is 5.66 Å². The van der Waals surface area contributed by atoms with Gasteiger partial charge < -0.3 is 27.7 Å². The van der Waals surface area contributed by atoms with Gasteiger partial charge in [-0.2, -0.15) is 0 Å². The number of fused-ring (bicyclic) bond motifs is 2. The summed E-state index contributed by atoms with van der Waals surface area (Å²) in [6.07, 6.45) is 13.9. The van der Waals surface area contributed by atoms with Crippen LogP contribution < -0.4 is 27.7 Å². The summed E-state index contributed by atoms with van der Waals surface area (Å²) in [5.74, 6) is 2.01. The van der Waals surface area contributed by atoms with E-state index >= 15 is 0 Å². The van der Waals surface area contributed by atoms with Crippen molar-refractivity contribution in [3.63, 3.8) is 0 Å². The fraction of sp³-hybridized carbons (Fsp3) is 0.750. The Hall–Kier alpha value is -0.710. The van der Waals surface area contributed by atoms with Crippen molar-refractivity contribution in [2.75, 3.05) is 6.61 Å². The second kappa shape index (κ2) is 9.03. The molecule has 2 saturated heterocycles. The predicted molar refractivity (Wildman–Crippen MR) is 127 cm³/mol. The summed E-state index contributed by atoms with van der Waals surface area (Å²) in [5.41, 5.74) is 27.1. The van der Waals surface area contributed by atoms with E-state index in [9.17, 15) is 0 Å². The Morgan fingerprint density at radius 1 is 0.933 bits per heavy atom. The molecule has 8 N–H and O–H groups in total. The summed E-state index contributed by atoms with van der Waals surface area (Å²) in [6.45, 7) is 0.304. The van der Waals surface area contributed by atoms with Crippen molar-refractivity contribution >= 4 is 8.58 Å². The molecule has 168 valence electrons. The number of hydrogen-bond donors (Lipinski definition) is 4. The molecule has 0 aromatic heterocycles. The van der Waals surface area contributed by atoms with Gasteiger partial charge in [-0.1, -0.05) is 59.2 Å². The van der Waals surface area contributed by atoms with Crippen molar-refractivity contribution in [2.24, 2.45) is 34.8 Å². The molecule has 30 heavy (non-hydrogen) atoms. The second-order valence-corrected chi connectivity index (χ2v) is 12.7. The zero-order valence-electron chi connectivity index (χ0n) is 18.4. The van der Waals surface area contributed by atoms with Crippen LogP contribution in [0.5, 0.6) is 5.75 Å².